The third-order valence-corrected chi connectivity index (χ3v) is 9.49. The molecule has 0 aromatic heterocycles. The predicted octanol–water partition coefficient (Wildman–Crippen LogP) is 7.08. The first-order valence-corrected chi connectivity index (χ1v) is 14.0. The largest absolute Gasteiger partial charge is 0.452 e. The Morgan fingerprint density at radius 1 is 1.03 bits per heavy atom. The molecule has 3 fully saturated rings. The molecule has 0 bridgehead atoms. The highest BCUT2D eigenvalue weighted by molar-refractivity contribution is 5.26. The first kappa shape index (κ1) is 24.4. The van der Waals surface area contributed by atoms with Gasteiger partial charge in [-0.1, -0.05) is 49.6 Å². The maximum Gasteiger partial charge on any atom is 0.452 e. The summed E-state index contributed by atoms with van der Waals surface area (Å²) in [5, 5.41) is 40.3. The van der Waals surface area contributed by atoms with Crippen LogP contribution in [0.15, 0.2) is 35.5 Å². The lowest BCUT2D eigenvalue weighted by Gasteiger charge is -2.49. The topological polar surface area (TPSA) is 80.9 Å². The van der Waals surface area contributed by atoms with Crippen LogP contribution in [0, 0.1) is 22.7 Å². The second kappa shape index (κ2) is 11.9. The molecule has 3 saturated carbocycles. The van der Waals surface area contributed by atoms with E-state index in [2.05, 4.69) is 13.0 Å². The zero-order chi connectivity index (χ0) is 34.3. The molecule has 39 heavy (non-hydrogen) atoms. The van der Waals surface area contributed by atoms with Gasteiger partial charge in [0.25, 0.3) is 0 Å². The number of alkyl halides is 4. The van der Waals surface area contributed by atoms with E-state index in [1.54, 1.807) is 0 Å². The molecule has 0 heterocycles. The van der Waals surface area contributed by atoms with Gasteiger partial charge in [0.2, 0.25) is 0 Å². The molecular formula is C31H48F4O4. The molecule has 8 heteroatoms. The second-order valence-electron chi connectivity index (χ2n) is 12.7. The molecule has 0 amide bonds. The zero-order valence-corrected chi connectivity index (χ0v) is 22.9. The quantitative estimate of drug-likeness (QED) is 0.178. The molecule has 3 aliphatic rings. The van der Waals surface area contributed by atoms with Crippen molar-refractivity contribution in [2.24, 2.45) is 22.7 Å². The van der Waals surface area contributed by atoms with Crippen molar-refractivity contribution in [3.8, 4) is 0 Å². The highest BCUT2D eigenvalue weighted by Crippen LogP contribution is 2.63. The van der Waals surface area contributed by atoms with Gasteiger partial charge in [-0.3, -0.25) is 0 Å². The summed E-state index contributed by atoms with van der Waals surface area (Å²) in [6.07, 6.45) is 2.90. The van der Waals surface area contributed by atoms with E-state index in [1.165, 1.54) is 5.57 Å². The molecule has 3 aliphatic carbocycles. The molecule has 0 saturated heterocycles. The predicted molar refractivity (Wildman–Crippen MR) is 144 cm³/mol. The highest BCUT2D eigenvalue weighted by atomic mass is 19.4. The van der Waals surface area contributed by atoms with E-state index in [-0.39, 0.29) is 42.6 Å². The van der Waals surface area contributed by atoms with Crippen molar-refractivity contribution in [3.05, 3.63) is 35.5 Å². The third kappa shape index (κ3) is 7.96. The number of rotatable bonds is 9. The fraction of sp³-hybridized carbons (Fsp3) is 0.806. The van der Waals surface area contributed by atoms with Gasteiger partial charge in [0, 0.05) is 8.22 Å². The van der Waals surface area contributed by atoms with E-state index in [4.69, 9.17) is 8.22 Å². The molecule has 0 spiro atoms. The van der Waals surface area contributed by atoms with Crippen molar-refractivity contribution in [2.45, 2.75) is 134 Å². The Morgan fingerprint density at radius 2 is 1.69 bits per heavy atom. The van der Waals surface area contributed by atoms with Crippen LogP contribution in [0.2, 0.25) is 0 Å². The average Bonchev–Trinajstić information content (AvgIpc) is 3.23. The molecule has 224 valence electrons. The van der Waals surface area contributed by atoms with Crippen molar-refractivity contribution in [2.75, 3.05) is 0 Å². The van der Waals surface area contributed by atoms with Crippen LogP contribution in [-0.2, 0) is 0 Å². The maximum absolute atomic E-state index is 14.0. The van der Waals surface area contributed by atoms with Gasteiger partial charge in [0.05, 0.1) is 17.8 Å². The van der Waals surface area contributed by atoms with E-state index < -0.39 is 55.4 Å². The normalized spacial score (nSPS) is 37.6. The first-order valence-electron chi connectivity index (χ1n) is 17.0. The monoisotopic (exact) mass is 566 g/mol. The van der Waals surface area contributed by atoms with Gasteiger partial charge in [-0.25, -0.2) is 0 Å². The summed E-state index contributed by atoms with van der Waals surface area (Å²) < 4.78 is 99.3. The summed E-state index contributed by atoms with van der Waals surface area (Å²) in [5.41, 5.74) is -2.03. The molecule has 0 aromatic carbocycles. The van der Waals surface area contributed by atoms with Gasteiger partial charge in [-0.15, -0.1) is 0 Å². The van der Waals surface area contributed by atoms with Crippen molar-refractivity contribution >= 4 is 0 Å². The minimum absolute atomic E-state index is 0.0620. The van der Waals surface area contributed by atoms with Crippen LogP contribution in [0.5, 0.6) is 0 Å². The van der Waals surface area contributed by atoms with Crippen LogP contribution >= 0.6 is 0 Å². The molecule has 0 aliphatic heterocycles. The minimum atomic E-state index is -5.54. The van der Waals surface area contributed by atoms with E-state index in [9.17, 15) is 38.0 Å². The van der Waals surface area contributed by atoms with Gasteiger partial charge in [-0.2, -0.15) is 17.6 Å². The maximum atomic E-state index is 14.0. The van der Waals surface area contributed by atoms with Crippen LogP contribution in [0.1, 0.15) is 113 Å². The van der Waals surface area contributed by atoms with Gasteiger partial charge in [-0.05, 0) is 113 Å². The molecule has 4 nitrogen and oxygen atoms in total. The van der Waals surface area contributed by atoms with Crippen LogP contribution < -0.4 is 0 Å². The number of fused-ring (bicyclic) bond motifs is 1. The summed E-state index contributed by atoms with van der Waals surface area (Å²) >= 11 is 0. The Morgan fingerprint density at radius 3 is 2.31 bits per heavy atom. The van der Waals surface area contributed by atoms with Crippen molar-refractivity contribution in [3.63, 3.8) is 0 Å². The van der Waals surface area contributed by atoms with Crippen LogP contribution in [0.25, 0.3) is 0 Å². The summed E-state index contributed by atoms with van der Waals surface area (Å²) in [6.45, 7) is -2.49. The minimum Gasteiger partial charge on any atom is -0.393 e. The number of hydrogen-bond acceptors (Lipinski definition) is 4. The molecular weight excluding hydrogens is 512 g/mol. The average molecular weight is 567 g/mol. The summed E-state index contributed by atoms with van der Waals surface area (Å²) in [4.78, 5) is 0. The van der Waals surface area contributed by atoms with Crippen LogP contribution in [0.3, 0.4) is 0 Å². The van der Waals surface area contributed by atoms with Crippen molar-refractivity contribution in [1.82, 2.24) is 0 Å². The molecule has 0 aromatic rings. The summed E-state index contributed by atoms with van der Waals surface area (Å²) in [5.74, 6) is -4.56. The Hall–Kier alpha value is -1.22. The Balaban J connectivity index is 1.93. The van der Waals surface area contributed by atoms with E-state index in [1.807, 2.05) is 13.0 Å². The lowest BCUT2D eigenvalue weighted by Crippen LogP contribution is -2.42. The second-order valence-corrected chi connectivity index (χ2v) is 12.7. The van der Waals surface area contributed by atoms with Gasteiger partial charge in [0.15, 0.2) is 0 Å². The highest BCUT2D eigenvalue weighted by Gasteiger charge is 2.56. The molecule has 7 atom stereocenters. The third-order valence-electron chi connectivity index (χ3n) is 9.49. The molecule has 3 rings (SSSR count). The first-order chi connectivity index (χ1) is 20.4. The van der Waals surface area contributed by atoms with Crippen molar-refractivity contribution in [1.29, 1.82) is 0 Å². The van der Waals surface area contributed by atoms with E-state index in [0.29, 0.717) is 25.7 Å². The lowest BCUT2D eigenvalue weighted by molar-refractivity contribution is -0.290. The van der Waals surface area contributed by atoms with E-state index >= 15 is 0 Å². The van der Waals surface area contributed by atoms with E-state index in [0.717, 1.165) is 37.3 Å². The Kier molecular flexibility index (Phi) is 7.47. The number of aliphatic hydroxyl groups excluding tert-OH is 2. The van der Waals surface area contributed by atoms with Crippen LogP contribution in [-0.4, -0.2) is 50.3 Å². The number of halogens is 4. The van der Waals surface area contributed by atoms with Gasteiger partial charge in [0.1, 0.15) is 0 Å². The Bertz CT molecular complexity index is 1110. The molecule has 3 unspecified atom stereocenters. The summed E-state index contributed by atoms with van der Waals surface area (Å²) in [7, 11) is 0. The Labute approximate surface area is 239 Å². The van der Waals surface area contributed by atoms with Gasteiger partial charge >= 0.3 is 12.0 Å². The van der Waals surface area contributed by atoms with Gasteiger partial charge < -0.3 is 20.4 Å². The number of allylic oxidation sites excluding steroid dienone is 4. The van der Waals surface area contributed by atoms with Crippen LogP contribution in [0.4, 0.5) is 17.6 Å². The summed E-state index contributed by atoms with van der Waals surface area (Å²) in [6, 6.07) is 0. The standard InChI is InChI=1S/C31H48F4O4/c1-27(2,38)13-6-14-28(3,15-7-17-30(32,39)31(33,34)35)26-12-11-25-22(8-5-16-29(25,26)4)10-9-21-18-23(36)20-24(37)19-21/h7,9-10,17,23-26,36-39H,5-6,8,11-16,18-20H2,1-4H3/t23-,24-,25?,26-,28?,29+,30?/m1/s1/i1D3,2D3. The zero-order valence-electron chi connectivity index (χ0n) is 28.9. The molecule has 4 N–H and O–H groups in total. The lowest BCUT2D eigenvalue weighted by atomic mass is 9.55. The number of aliphatic hydroxyl groups is 4. The smallest absolute Gasteiger partial charge is 0.393 e. The molecule has 0 radical (unpaired) electrons. The SMILES string of the molecule is [2H]C([2H])([2H])C(O)(CCCC(C)(CC=CC(O)(F)C(F)(F)F)[C@H]1CCC2C(=CC=C3C[C@@H](O)C[C@H](O)C3)CCC[C@@]21C)C([2H])([2H])[2H]. The fourth-order valence-corrected chi connectivity index (χ4v) is 7.66. The van der Waals surface area contributed by atoms with Crippen molar-refractivity contribution < 1.29 is 46.2 Å². The number of hydrogen-bond donors (Lipinski definition) is 4. The fourth-order valence-electron chi connectivity index (χ4n) is 7.66.